The molecule has 3 rings (SSSR count). The third kappa shape index (κ3) is 4.22. The minimum Gasteiger partial charge on any atom is -0.497 e. The van der Waals surface area contributed by atoms with Crippen LogP contribution in [0.5, 0.6) is 11.5 Å². The lowest BCUT2D eigenvalue weighted by atomic mass is 10.1. The number of benzene rings is 2. The minimum absolute atomic E-state index is 0.246. The first-order valence-corrected chi connectivity index (χ1v) is 9.07. The highest BCUT2D eigenvalue weighted by molar-refractivity contribution is 6.33. The first-order chi connectivity index (χ1) is 12.6. The van der Waals surface area contributed by atoms with Crippen LogP contribution in [0.4, 0.5) is 11.4 Å². The van der Waals surface area contributed by atoms with Gasteiger partial charge in [0.25, 0.3) is 5.91 Å². The number of amides is 1. The molecule has 1 heterocycles. The van der Waals surface area contributed by atoms with Gasteiger partial charge in [0.15, 0.2) is 0 Å². The highest BCUT2D eigenvalue weighted by Gasteiger charge is 2.15. The molecule has 0 spiro atoms. The monoisotopic (exact) mass is 374 g/mol. The van der Waals surface area contributed by atoms with Gasteiger partial charge < -0.3 is 19.7 Å². The van der Waals surface area contributed by atoms with E-state index in [-0.39, 0.29) is 5.91 Å². The lowest BCUT2D eigenvalue weighted by Gasteiger charge is -2.29. The number of nitrogens with one attached hydrogen (secondary N) is 1. The molecule has 0 aliphatic carbocycles. The molecule has 6 heteroatoms. The van der Waals surface area contributed by atoms with E-state index in [4.69, 9.17) is 21.1 Å². The van der Waals surface area contributed by atoms with Crippen LogP contribution in [-0.2, 0) is 0 Å². The van der Waals surface area contributed by atoms with E-state index in [0.717, 1.165) is 18.8 Å². The van der Waals surface area contributed by atoms with Crippen LogP contribution in [0.3, 0.4) is 0 Å². The van der Waals surface area contributed by atoms with Crippen molar-refractivity contribution in [3.05, 3.63) is 47.0 Å². The second kappa shape index (κ2) is 8.32. The van der Waals surface area contributed by atoms with Crippen LogP contribution < -0.4 is 19.7 Å². The van der Waals surface area contributed by atoms with E-state index in [1.54, 1.807) is 38.5 Å². The summed E-state index contributed by atoms with van der Waals surface area (Å²) in [6.45, 7) is 2.05. The van der Waals surface area contributed by atoms with Gasteiger partial charge in [0.05, 0.1) is 24.9 Å². The molecule has 1 aliphatic heterocycles. The maximum absolute atomic E-state index is 12.6. The Morgan fingerprint density at radius 3 is 2.23 bits per heavy atom. The van der Waals surface area contributed by atoms with Gasteiger partial charge in [-0.1, -0.05) is 11.6 Å². The predicted octanol–water partition coefficient (Wildman–Crippen LogP) is 4.60. The van der Waals surface area contributed by atoms with Crippen LogP contribution >= 0.6 is 11.6 Å². The van der Waals surface area contributed by atoms with Gasteiger partial charge in [0.1, 0.15) is 11.5 Å². The first-order valence-electron chi connectivity index (χ1n) is 8.69. The predicted molar refractivity (Wildman–Crippen MR) is 105 cm³/mol. The molecule has 1 fully saturated rings. The Morgan fingerprint density at radius 2 is 1.65 bits per heavy atom. The van der Waals surface area contributed by atoms with Crippen LogP contribution in [-0.4, -0.2) is 33.2 Å². The van der Waals surface area contributed by atoms with E-state index in [2.05, 4.69) is 10.2 Å². The van der Waals surface area contributed by atoms with E-state index in [0.29, 0.717) is 27.8 Å². The molecule has 1 N–H and O–H groups in total. The van der Waals surface area contributed by atoms with Crippen molar-refractivity contribution < 1.29 is 14.3 Å². The summed E-state index contributed by atoms with van der Waals surface area (Å²) in [4.78, 5) is 14.9. The van der Waals surface area contributed by atoms with Gasteiger partial charge in [-0.25, -0.2) is 0 Å². The summed E-state index contributed by atoms with van der Waals surface area (Å²) >= 11 is 6.45. The highest BCUT2D eigenvalue weighted by Crippen LogP contribution is 2.31. The number of methoxy groups -OCH3 is 2. The largest absolute Gasteiger partial charge is 0.497 e. The fraction of sp³-hybridized carbons (Fsp3) is 0.350. The van der Waals surface area contributed by atoms with Crippen LogP contribution in [0.2, 0.25) is 5.02 Å². The van der Waals surface area contributed by atoms with Crippen molar-refractivity contribution in [2.75, 3.05) is 37.5 Å². The van der Waals surface area contributed by atoms with Gasteiger partial charge in [0, 0.05) is 30.4 Å². The summed E-state index contributed by atoms with van der Waals surface area (Å²) in [5.41, 5.74) is 2.13. The molecule has 0 saturated carbocycles. The van der Waals surface area contributed by atoms with Crippen molar-refractivity contribution in [3.63, 3.8) is 0 Å². The number of carbonyl (C=O) groups is 1. The summed E-state index contributed by atoms with van der Waals surface area (Å²) in [5.74, 6) is 0.880. The first kappa shape index (κ1) is 18.4. The topological polar surface area (TPSA) is 50.8 Å². The summed E-state index contributed by atoms with van der Waals surface area (Å²) in [6.07, 6.45) is 3.64. The fourth-order valence-corrected chi connectivity index (χ4v) is 3.42. The fourth-order valence-electron chi connectivity index (χ4n) is 3.12. The Balaban J connectivity index is 1.76. The van der Waals surface area contributed by atoms with E-state index in [1.807, 2.05) is 12.1 Å². The van der Waals surface area contributed by atoms with Crippen molar-refractivity contribution >= 4 is 28.9 Å². The summed E-state index contributed by atoms with van der Waals surface area (Å²) < 4.78 is 10.4. The Bertz CT molecular complexity index is 766. The summed E-state index contributed by atoms with van der Waals surface area (Å²) in [7, 11) is 3.10. The third-order valence-electron chi connectivity index (χ3n) is 4.52. The van der Waals surface area contributed by atoms with Gasteiger partial charge in [-0.3, -0.25) is 4.79 Å². The molecule has 0 unspecified atom stereocenters. The second-order valence-electron chi connectivity index (χ2n) is 6.27. The molecule has 5 nitrogen and oxygen atoms in total. The molecule has 1 aliphatic rings. The lowest BCUT2D eigenvalue weighted by molar-refractivity contribution is 0.102. The zero-order chi connectivity index (χ0) is 18.5. The van der Waals surface area contributed by atoms with Gasteiger partial charge >= 0.3 is 0 Å². The molecule has 26 heavy (non-hydrogen) atoms. The summed E-state index contributed by atoms with van der Waals surface area (Å²) in [5, 5.41) is 3.53. The maximum atomic E-state index is 12.6. The van der Waals surface area contributed by atoms with Gasteiger partial charge in [0.2, 0.25) is 0 Å². The van der Waals surface area contributed by atoms with Crippen LogP contribution in [0.1, 0.15) is 29.6 Å². The number of carbonyl (C=O) groups excluding carboxylic acids is 1. The van der Waals surface area contributed by atoms with Crippen molar-refractivity contribution in [1.82, 2.24) is 0 Å². The zero-order valence-corrected chi connectivity index (χ0v) is 15.8. The molecule has 1 saturated heterocycles. The normalized spacial score (nSPS) is 14.0. The zero-order valence-electron chi connectivity index (χ0n) is 15.0. The quantitative estimate of drug-likeness (QED) is 0.830. The Morgan fingerprint density at radius 1 is 1.00 bits per heavy atom. The molecule has 0 aromatic heterocycles. The standard InChI is InChI=1S/C20H23ClN2O3/c1-25-16-10-14(11-17(13-16)26-2)20(24)22-15-6-7-19(18(21)12-15)23-8-4-3-5-9-23/h6-7,10-13H,3-5,8-9H2,1-2H3,(H,22,24). The third-order valence-corrected chi connectivity index (χ3v) is 4.82. The van der Waals surface area contributed by atoms with E-state index in [1.165, 1.54) is 19.3 Å². The molecule has 0 radical (unpaired) electrons. The van der Waals surface area contributed by atoms with E-state index in [9.17, 15) is 4.79 Å². The summed E-state index contributed by atoms with van der Waals surface area (Å²) in [6, 6.07) is 10.7. The number of nitrogens with zero attached hydrogens (tertiary/aromatic N) is 1. The van der Waals surface area contributed by atoms with Crippen LogP contribution in [0, 0.1) is 0 Å². The molecule has 138 valence electrons. The molecular formula is C20H23ClN2O3. The van der Waals surface area contributed by atoms with Gasteiger partial charge in [-0.05, 0) is 49.6 Å². The number of anilines is 2. The lowest BCUT2D eigenvalue weighted by Crippen LogP contribution is -2.29. The minimum atomic E-state index is -0.246. The SMILES string of the molecule is COc1cc(OC)cc(C(=O)Nc2ccc(N3CCCCC3)c(Cl)c2)c1. The molecule has 2 aromatic carbocycles. The van der Waals surface area contributed by atoms with E-state index >= 15 is 0 Å². The smallest absolute Gasteiger partial charge is 0.255 e. The Labute approximate surface area is 158 Å². The van der Waals surface area contributed by atoms with Crippen molar-refractivity contribution in [2.45, 2.75) is 19.3 Å². The number of rotatable bonds is 5. The van der Waals surface area contributed by atoms with Crippen molar-refractivity contribution in [1.29, 1.82) is 0 Å². The second-order valence-corrected chi connectivity index (χ2v) is 6.68. The number of halogens is 1. The molecular weight excluding hydrogens is 352 g/mol. The van der Waals surface area contributed by atoms with Crippen molar-refractivity contribution in [3.8, 4) is 11.5 Å². The van der Waals surface area contributed by atoms with Crippen LogP contribution in [0.15, 0.2) is 36.4 Å². The number of ether oxygens (including phenoxy) is 2. The van der Waals surface area contributed by atoms with Crippen LogP contribution in [0.25, 0.3) is 0 Å². The van der Waals surface area contributed by atoms with E-state index < -0.39 is 0 Å². The average molecular weight is 375 g/mol. The maximum Gasteiger partial charge on any atom is 0.255 e. The van der Waals surface area contributed by atoms with Gasteiger partial charge in [-0.2, -0.15) is 0 Å². The molecule has 2 aromatic rings. The molecule has 0 bridgehead atoms. The highest BCUT2D eigenvalue weighted by atomic mass is 35.5. The number of piperidine rings is 1. The van der Waals surface area contributed by atoms with Gasteiger partial charge in [-0.15, -0.1) is 0 Å². The average Bonchev–Trinajstić information content (AvgIpc) is 2.68. The Kier molecular flexibility index (Phi) is 5.89. The number of hydrogen-bond donors (Lipinski definition) is 1. The molecule has 1 amide bonds. The Hall–Kier alpha value is -2.40. The van der Waals surface area contributed by atoms with Crippen molar-refractivity contribution in [2.24, 2.45) is 0 Å². The molecule has 0 atom stereocenters. The number of hydrogen-bond acceptors (Lipinski definition) is 4.